The molecule has 0 amide bonds. The molecule has 0 aliphatic carbocycles. The molecule has 1 unspecified atom stereocenters. The first-order valence-corrected chi connectivity index (χ1v) is 8.17. The highest BCUT2D eigenvalue weighted by molar-refractivity contribution is 7.14. The molecule has 2 aromatic rings. The number of nitrogens with zero attached hydrogens (tertiary/aromatic N) is 2. The fourth-order valence-electron chi connectivity index (χ4n) is 2.92. The molecule has 1 aromatic heterocycles. The van der Waals surface area contributed by atoms with Gasteiger partial charge in [-0.3, -0.25) is 0 Å². The van der Waals surface area contributed by atoms with Crippen molar-refractivity contribution in [2.45, 2.75) is 38.1 Å². The quantitative estimate of drug-likeness (QED) is 0.847. The van der Waals surface area contributed by atoms with Gasteiger partial charge in [-0.2, -0.15) is 4.37 Å². The van der Waals surface area contributed by atoms with Crippen LogP contribution in [0.2, 0.25) is 0 Å². The van der Waals surface area contributed by atoms with Crippen molar-refractivity contribution >= 4 is 33.1 Å². The second-order valence-electron chi connectivity index (χ2n) is 5.61. The maximum Gasteiger partial charge on any atom is 0.145 e. The van der Waals surface area contributed by atoms with Crippen molar-refractivity contribution < 1.29 is 0 Å². The van der Waals surface area contributed by atoms with Crippen LogP contribution in [0.1, 0.15) is 32.1 Å². The summed E-state index contributed by atoms with van der Waals surface area (Å²) in [6, 6.07) is 6.65. The van der Waals surface area contributed by atoms with E-state index in [2.05, 4.69) is 27.5 Å². The predicted octanol–water partition coefficient (Wildman–Crippen LogP) is 2.98. The van der Waals surface area contributed by atoms with E-state index in [-0.39, 0.29) is 0 Å². The summed E-state index contributed by atoms with van der Waals surface area (Å²) in [5.41, 5.74) is 13.4. The third-order valence-corrected chi connectivity index (χ3v) is 5.02. The van der Waals surface area contributed by atoms with Crippen LogP contribution in [0.3, 0.4) is 0 Å². The van der Waals surface area contributed by atoms with Gasteiger partial charge in [0, 0.05) is 24.5 Å². The van der Waals surface area contributed by atoms with E-state index in [4.69, 9.17) is 11.5 Å². The lowest BCUT2D eigenvalue weighted by Crippen LogP contribution is -2.30. The van der Waals surface area contributed by atoms with Crippen LogP contribution in [-0.2, 0) is 0 Å². The van der Waals surface area contributed by atoms with E-state index in [1.165, 1.54) is 41.2 Å². The van der Waals surface area contributed by atoms with Gasteiger partial charge in [0.1, 0.15) is 5.82 Å². The molecule has 20 heavy (non-hydrogen) atoms. The highest BCUT2D eigenvalue weighted by Crippen LogP contribution is 2.34. The lowest BCUT2D eigenvalue weighted by Gasteiger charge is -2.25. The fourth-order valence-corrected chi connectivity index (χ4v) is 3.77. The summed E-state index contributed by atoms with van der Waals surface area (Å²) in [5.74, 6) is 0.646. The Labute approximate surface area is 123 Å². The second kappa shape index (κ2) is 5.97. The Hall–Kier alpha value is -1.33. The van der Waals surface area contributed by atoms with Crippen LogP contribution >= 0.6 is 11.5 Å². The number of fused-ring (bicyclic) bond motifs is 1. The smallest absolute Gasteiger partial charge is 0.145 e. The number of nitrogens with two attached hydrogens (primary N) is 2. The van der Waals surface area contributed by atoms with Gasteiger partial charge in [-0.1, -0.05) is 18.9 Å². The maximum atomic E-state index is 6.17. The molecule has 1 aliphatic heterocycles. The fraction of sp³-hybridized carbons (Fsp3) is 0.533. The molecule has 108 valence electrons. The zero-order valence-electron chi connectivity index (χ0n) is 11.7. The van der Waals surface area contributed by atoms with Crippen LogP contribution in [0.4, 0.5) is 11.5 Å². The molecule has 1 aromatic carbocycles. The third kappa shape index (κ3) is 2.74. The summed E-state index contributed by atoms with van der Waals surface area (Å²) >= 11 is 1.50. The molecule has 1 fully saturated rings. The van der Waals surface area contributed by atoms with Gasteiger partial charge < -0.3 is 16.4 Å². The standard InChI is InChI=1S/C15H22N4S/c16-11-5-2-1-3-9-19(10-8-11)13-7-4-6-12-14(13)20-18-15(12)17/h4,6-7,11H,1-3,5,8-10,16H2,(H2,17,18). The van der Waals surface area contributed by atoms with Gasteiger partial charge in [-0.15, -0.1) is 0 Å². The van der Waals surface area contributed by atoms with Crippen LogP contribution in [-0.4, -0.2) is 23.5 Å². The molecule has 4 N–H and O–H groups in total. The SMILES string of the molecule is Nc1nsc2c(N3CCCCCC(N)CC3)cccc12. The molecule has 1 saturated heterocycles. The Balaban J connectivity index is 1.91. The Morgan fingerprint density at radius 1 is 1.15 bits per heavy atom. The number of hydrogen-bond donors (Lipinski definition) is 2. The molecule has 4 nitrogen and oxygen atoms in total. The van der Waals surface area contributed by atoms with Crippen LogP contribution in [0.25, 0.3) is 10.1 Å². The average Bonchev–Trinajstić information content (AvgIpc) is 2.87. The van der Waals surface area contributed by atoms with Crippen LogP contribution < -0.4 is 16.4 Å². The van der Waals surface area contributed by atoms with Crippen molar-refractivity contribution in [1.82, 2.24) is 4.37 Å². The number of nitrogen functional groups attached to an aromatic ring is 1. The second-order valence-corrected chi connectivity index (χ2v) is 6.38. The van der Waals surface area contributed by atoms with Gasteiger partial charge in [0.05, 0.1) is 10.4 Å². The largest absolute Gasteiger partial charge is 0.382 e. The first-order chi connectivity index (χ1) is 9.75. The van der Waals surface area contributed by atoms with Gasteiger partial charge in [-0.05, 0) is 42.9 Å². The minimum absolute atomic E-state index is 0.335. The third-order valence-electron chi connectivity index (χ3n) is 4.12. The van der Waals surface area contributed by atoms with Gasteiger partial charge in [0.2, 0.25) is 0 Å². The Morgan fingerprint density at radius 3 is 2.95 bits per heavy atom. The number of rotatable bonds is 1. The molecule has 2 heterocycles. The Bertz CT molecular complexity index is 580. The lowest BCUT2D eigenvalue weighted by molar-refractivity contribution is 0.551. The summed E-state index contributed by atoms with van der Waals surface area (Å²) < 4.78 is 5.50. The summed E-state index contributed by atoms with van der Waals surface area (Å²) in [5, 5.41) is 1.08. The molecule has 3 rings (SSSR count). The van der Waals surface area contributed by atoms with Gasteiger partial charge in [-0.25, -0.2) is 0 Å². The van der Waals surface area contributed by atoms with Crippen molar-refractivity contribution in [2.75, 3.05) is 23.7 Å². The molecular formula is C15H22N4S. The van der Waals surface area contributed by atoms with Crippen molar-refractivity contribution in [2.24, 2.45) is 5.73 Å². The molecular weight excluding hydrogens is 268 g/mol. The number of hydrogen-bond acceptors (Lipinski definition) is 5. The Kier molecular flexibility index (Phi) is 4.08. The van der Waals surface area contributed by atoms with E-state index in [0.717, 1.165) is 31.3 Å². The molecule has 0 radical (unpaired) electrons. The zero-order chi connectivity index (χ0) is 13.9. The Morgan fingerprint density at radius 2 is 2.05 bits per heavy atom. The summed E-state index contributed by atoms with van der Waals surface area (Å²) in [6.45, 7) is 2.13. The topological polar surface area (TPSA) is 68.2 Å². The average molecular weight is 290 g/mol. The minimum atomic E-state index is 0.335. The van der Waals surface area contributed by atoms with Crippen LogP contribution in [0, 0.1) is 0 Å². The van der Waals surface area contributed by atoms with Gasteiger partial charge in [0.25, 0.3) is 0 Å². The first kappa shape index (κ1) is 13.6. The van der Waals surface area contributed by atoms with Crippen LogP contribution in [0.15, 0.2) is 18.2 Å². The van der Waals surface area contributed by atoms with Crippen molar-refractivity contribution in [3.63, 3.8) is 0 Å². The highest BCUT2D eigenvalue weighted by Gasteiger charge is 2.16. The first-order valence-electron chi connectivity index (χ1n) is 7.40. The molecule has 1 atom stereocenters. The molecule has 5 heteroatoms. The lowest BCUT2D eigenvalue weighted by atomic mass is 10.1. The highest BCUT2D eigenvalue weighted by atomic mass is 32.1. The number of anilines is 2. The normalized spacial score (nSPS) is 21.4. The number of aromatic nitrogens is 1. The van der Waals surface area contributed by atoms with E-state index < -0.39 is 0 Å². The van der Waals surface area contributed by atoms with E-state index in [0.29, 0.717) is 11.9 Å². The molecule has 0 bridgehead atoms. The maximum absolute atomic E-state index is 6.17. The van der Waals surface area contributed by atoms with Crippen molar-refractivity contribution in [3.05, 3.63) is 18.2 Å². The molecule has 0 saturated carbocycles. The zero-order valence-corrected chi connectivity index (χ0v) is 12.5. The monoisotopic (exact) mass is 290 g/mol. The number of benzene rings is 1. The minimum Gasteiger partial charge on any atom is -0.382 e. The summed E-state index contributed by atoms with van der Waals surface area (Å²) in [7, 11) is 0. The van der Waals surface area contributed by atoms with Crippen molar-refractivity contribution in [3.8, 4) is 0 Å². The van der Waals surface area contributed by atoms with E-state index in [1.54, 1.807) is 0 Å². The van der Waals surface area contributed by atoms with Crippen molar-refractivity contribution in [1.29, 1.82) is 0 Å². The predicted molar refractivity (Wildman–Crippen MR) is 87.3 cm³/mol. The van der Waals surface area contributed by atoms with Gasteiger partial charge >= 0.3 is 0 Å². The molecule has 0 spiro atoms. The summed E-state index contributed by atoms with van der Waals surface area (Å²) in [6.07, 6.45) is 5.98. The van der Waals surface area contributed by atoms with E-state index >= 15 is 0 Å². The van der Waals surface area contributed by atoms with E-state index in [9.17, 15) is 0 Å². The van der Waals surface area contributed by atoms with Crippen LogP contribution in [0.5, 0.6) is 0 Å². The van der Waals surface area contributed by atoms with E-state index in [1.807, 2.05) is 0 Å². The molecule has 1 aliphatic rings. The van der Waals surface area contributed by atoms with Gasteiger partial charge in [0.15, 0.2) is 0 Å². The summed E-state index contributed by atoms with van der Waals surface area (Å²) in [4.78, 5) is 2.46.